The van der Waals surface area contributed by atoms with E-state index < -0.39 is 0 Å². The number of nitrogens with zero attached hydrogens (tertiary/aromatic N) is 1. The highest BCUT2D eigenvalue weighted by molar-refractivity contribution is 8.02. The molecule has 0 N–H and O–H groups in total. The van der Waals surface area contributed by atoms with E-state index >= 15 is 0 Å². The minimum atomic E-state index is 0.956. The van der Waals surface area contributed by atoms with E-state index in [1.807, 2.05) is 6.26 Å². The summed E-state index contributed by atoms with van der Waals surface area (Å²) in [6.45, 7) is 0. The van der Waals surface area contributed by atoms with E-state index in [9.17, 15) is 0 Å². The predicted molar refractivity (Wildman–Crippen MR) is 44.6 cm³/mol. The maximum atomic E-state index is 8.66. The van der Waals surface area contributed by atoms with Crippen molar-refractivity contribution in [3.05, 3.63) is 10.5 Å². The van der Waals surface area contributed by atoms with Crippen LogP contribution in [0.4, 0.5) is 0 Å². The van der Waals surface area contributed by atoms with Crippen LogP contribution in [0.5, 0.6) is 0 Å². The molecule has 0 amide bonds. The molecule has 2 heteroatoms. The van der Waals surface area contributed by atoms with Crippen molar-refractivity contribution < 1.29 is 0 Å². The van der Waals surface area contributed by atoms with Crippen molar-refractivity contribution in [3.8, 4) is 6.07 Å². The fraction of sp³-hybridized carbons (Fsp3) is 0.625. The van der Waals surface area contributed by atoms with Gasteiger partial charge in [-0.1, -0.05) is 0 Å². The van der Waals surface area contributed by atoms with Gasteiger partial charge >= 0.3 is 0 Å². The predicted octanol–water partition coefficient (Wildman–Crippen LogP) is 2.70. The summed E-state index contributed by atoms with van der Waals surface area (Å²) < 4.78 is 0. The van der Waals surface area contributed by atoms with Gasteiger partial charge in [-0.2, -0.15) is 5.26 Å². The summed E-state index contributed by atoms with van der Waals surface area (Å²) in [6, 6.07) is 2.24. The van der Waals surface area contributed by atoms with Gasteiger partial charge in [0.25, 0.3) is 0 Å². The third-order valence-electron chi connectivity index (χ3n) is 1.83. The van der Waals surface area contributed by atoms with E-state index in [1.165, 1.54) is 18.4 Å². The van der Waals surface area contributed by atoms with Crippen LogP contribution in [0.3, 0.4) is 0 Å². The van der Waals surface area contributed by atoms with Gasteiger partial charge in [-0.15, -0.1) is 11.8 Å². The summed E-state index contributed by atoms with van der Waals surface area (Å²) in [5.41, 5.74) is 1.38. The standard InChI is InChI=1S/C8H11NS/c1-10-8(6-9)7-4-2-3-5-7/h2-5H2,1H3. The van der Waals surface area contributed by atoms with Gasteiger partial charge in [0.1, 0.15) is 6.07 Å². The molecular weight excluding hydrogens is 142 g/mol. The molecule has 1 fully saturated rings. The first-order valence-corrected chi connectivity index (χ1v) is 4.77. The first-order chi connectivity index (χ1) is 4.88. The molecule has 0 heterocycles. The maximum absolute atomic E-state index is 8.66. The van der Waals surface area contributed by atoms with Gasteiger partial charge in [0.2, 0.25) is 0 Å². The lowest BCUT2D eigenvalue weighted by Crippen LogP contribution is -1.78. The molecule has 0 aromatic carbocycles. The van der Waals surface area contributed by atoms with Crippen molar-refractivity contribution in [1.82, 2.24) is 0 Å². The Morgan fingerprint density at radius 3 is 2.50 bits per heavy atom. The summed E-state index contributed by atoms with van der Waals surface area (Å²) in [6.07, 6.45) is 6.85. The van der Waals surface area contributed by atoms with Gasteiger partial charge in [-0.25, -0.2) is 0 Å². The van der Waals surface area contributed by atoms with Gasteiger partial charge in [0.05, 0.1) is 4.91 Å². The topological polar surface area (TPSA) is 23.8 Å². The fourth-order valence-corrected chi connectivity index (χ4v) is 1.88. The fourth-order valence-electron chi connectivity index (χ4n) is 1.30. The highest BCUT2D eigenvalue weighted by atomic mass is 32.2. The average molecular weight is 153 g/mol. The molecule has 0 saturated heterocycles. The maximum Gasteiger partial charge on any atom is 0.106 e. The number of hydrogen-bond acceptors (Lipinski definition) is 2. The molecule has 1 aliphatic carbocycles. The average Bonchev–Trinajstić information content (AvgIpc) is 2.43. The Kier molecular flexibility index (Phi) is 2.82. The van der Waals surface area contributed by atoms with Crippen LogP contribution in [-0.2, 0) is 0 Å². The van der Waals surface area contributed by atoms with E-state index in [1.54, 1.807) is 11.8 Å². The minimum absolute atomic E-state index is 0.956. The van der Waals surface area contributed by atoms with Crippen LogP contribution in [0, 0.1) is 11.3 Å². The molecule has 0 aromatic rings. The monoisotopic (exact) mass is 153 g/mol. The van der Waals surface area contributed by atoms with E-state index in [4.69, 9.17) is 5.26 Å². The summed E-state index contributed by atoms with van der Waals surface area (Å²) in [4.78, 5) is 0.956. The Hall–Kier alpha value is -0.420. The molecule has 0 bridgehead atoms. The molecule has 0 aliphatic heterocycles. The summed E-state index contributed by atoms with van der Waals surface area (Å²) in [5.74, 6) is 0. The molecule has 1 rings (SSSR count). The van der Waals surface area contributed by atoms with Gasteiger partial charge in [-0.3, -0.25) is 0 Å². The van der Waals surface area contributed by atoms with Crippen molar-refractivity contribution in [3.63, 3.8) is 0 Å². The summed E-state index contributed by atoms with van der Waals surface area (Å²) in [7, 11) is 0. The van der Waals surface area contributed by atoms with Crippen molar-refractivity contribution in [1.29, 1.82) is 5.26 Å². The lowest BCUT2D eigenvalue weighted by Gasteiger charge is -1.96. The van der Waals surface area contributed by atoms with Gasteiger partial charge in [0.15, 0.2) is 0 Å². The molecule has 0 unspecified atom stereocenters. The largest absolute Gasteiger partial charge is 0.192 e. The lowest BCUT2D eigenvalue weighted by molar-refractivity contribution is 0.886. The number of allylic oxidation sites excluding steroid dienone is 2. The molecule has 0 atom stereocenters. The smallest absolute Gasteiger partial charge is 0.106 e. The highest BCUT2D eigenvalue weighted by Crippen LogP contribution is 2.30. The first kappa shape index (κ1) is 7.68. The molecule has 10 heavy (non-hydrogen) atoms. The Labute approximate surface area is 66.1 Å². The van der Waals surface area contributed by atoms with Crippen molar-refractivity contribution in [2.24, 2.45) is 0 Å². The second-order valence-corrected chi connectivity index (χ2v) is 3.27. The van der Waals surface area contributed by atoms with E-state index in [0.29, 0.717) is 0 Å². The molecule has 0 spiro atoms. The van der Waals surface area contributed by atoms with Crippen LogP contribution in [-0.4, -0.2) is 6.26 Å². The van der Waals surface area contributed by atoms with Crippen molar-refractivity contribution in [2.45, 2.75) is 25.7 Å². The molecule has 1 aliphatic rings. The SMILES string of the molecule is CSC(C#N)=C1CCCC1. The van der Waals surface area contributed by atoms with Crippen LogP contribution < -0.4 is 0 Å². The molecule has 0 aromatic heterocycles. The number of thioether (sulfide) groups is 1. The number of rotatable bonds is 1. The Morgan fingerprint density at radius 2 is 2.10 bits per heavy atom. The number of hydrogen-bond donors (Lipinski definition) is 0. The zero-order valence-corrected chi connectivity index (χ0v) is 7.00. The third kappa shape index (κ3) is 1.54. The molecule has 54 valence electrons. The first-order valence-electron chi connectivity index (χ1n) is 3.54. The quantitative estimate of drug-likeness (QED) is 0.541. The summed E-state index contributed by atoms with van der Waals surface area (Å²) >= 11 is 1.59. The Morgan fingerprint density at radius 1 is 1.50 bits per heavy atom. The van der Waals surface area contributed by atoms with E-state index in [2.05, 4.69) is 6.07 Å². The third-order valence-corrected chi connectivity index (χ3v) is 2.62. The van der Waals surface area contributed by atoms with Crippen molar-refractivity contribution in [2.75, 3.05) is 6.26 Å². The van der Waals surface area contributed by atoms with Crippen LogP contribution in [0.2, 0.25) is 0 Å². The Bertz CT molecular complexity index is 180. The van der Waals surface area contributed by atoms with Crippen LogP contribution in [0.25, 0.3) is 0 Å². The zero-order valence-electron chi connectivity index (χ0n) is 6.18. The van der Waals surface area contributed by atoms with Crippen LogP contribution in [0.1, 0.15) is 25.7 Å². The van der Waals surface area contributed by atoms with Crippen LogP contribution in [0.15, 0.2) is 10.5 Å². The lowest BCUT2D eigenvalue weighted by atomic mass is 10.2. The molecular formula is C8H11NS. The Balaban J connectivity index is 2.72. The normalized spacial score (nSPS) is 17.0. The zero-order chi connectivity index (χ0) is 7.40. The second kappa shape index (κ2) is 3.68. The summed E-state index contributed by atoms with van der Waals surface area (Å²) in [5, 5.41) is 8.66. The van der Waals surface area contributed by atoms with E-state index in [0.717, 1.165) is 17.7 Å². The van der Waals surface area contributed by atoms with E-state index in [-0.39, 0.29) is 0 Å². The molecule has 1 nitrogen and oxygen atoms in total. The molecule has 0 radical (unpaired) electrons. The van der Waals surface area contributed by atoms with Gasteiger partial charge < -0.3 is 0 Å². The van der Waals surface area contributed by atoms with Crippen LogP contribution >= 0.6 is 11.8 Å². The number of nitriles is 1. The molecule has 1 saturated carbocycles. The van der Waals surface area contributed by atoms with Crippen molar-refractivity contribution >= 4 is 11.8 Å². The van der Waals surface area contributed by atoms with Gasteiger partial charge in [-0.05, 0) is 37.5 Å². The minimum Gasteiger partial charge on any atom is -0.192 e. The highest BCUT2D eigenvalue weighted by Gasteiger charge is 2.10. The second-order valence-electron chi connectivity index (χ2n) is 2.46. The van der Waals surface area contributed by atoms with Gasteiger partial charge in [0, 0.05) is 0 Å².